The maximum Gasteiger partial charge on any atom is 0.0436 e. The van der Waals surface area contributed by atoms with Crippen LogP contribution in [-0.2, 0) is 0 Å². The first kappa shape index (κ1) is 11.0. The van der Waals surface area contributed by atoms with Crippen molar-refractivity contribution in [1.29, 1.82) is 0 Å². The second-order valence-electron chi connectivity index (χ2n) is 3.43. The van der Waals surface area contributed by atoms with Gasteiger partial charge >= 0.3 is 0 Å². The van der Waals surface area contributed by atoms with E-state index >= 15 is 0 Å². The average molecular weight is 158 g/mol. The molecule has 1 nitrogen and oxygen atoms in total. The van der Waals surface area contributed by atoms with Crippen molar-refractivity contribution in [3.05, 3.63) is 0 Å². The summed E-state index contributed by atoms with van der Waals surface area (Å²) in [6, 6.07) is 0. The molecule has 0 radical (unpaired) electrons. The zero-order valence-electron chi connectivity index (χ0n) is 8.19. The van der Waals surface area contributed by atoms with Gasteiger partial charge in [0.1, 0.15) is 0 Å². The SMILES string of the molecule is CCCC(CC)(CC)CCO. The predicted octanol–water partition coefficient (Wildman–Crippen LogP) is 2.98. The molecule has 0 fully saturated rings. The van der Waals surface area contributed by atoms with E-state index in [-0.39, 0.29) is 0 Å². The molecule has 0 bridgehead atoms. The van der Waals surface area contributed by atoms with E-state index < -0.39 is 0 Å². The van der Waals surface area contributed by atoms with Gasteiger partial charge in [-0.05, 0) is 18.3 Å². The highest BCUT2D eigenvalue weighted by Crippen LogP contribution is 2.35. The second-order valence-corrected chi connectivity index (χ2v) is 3.43. The molecule has 0 aliphatic heterocycles. The number of aliphatic hydroxyl groups is 1. The Morgan fingerprint density at radius 1 is 1.00 bits per heavy atom. The van der Waals surface area contributed by atoms with Gasteiger partial charge in [-0.15, -0.1) is 0 Å². The number of rotatable bonds is 6. The van der Waals surface area contributed by atoms with Crippen molar-refractivity contribution >= 4 is 0 Å². The van der Waals surface area contributed by atoms with Crippen LogP contribution < -0.4 is 0 Å². The Hall–Kier alpha value is -0.0400. The van der Waals surface area contributed by atoms with Crippen LogP contribution in [0, 0.1) is 5.41 Å². The topological polar surface area (TPSA) is 20.2 Å². The fourth-order valence-corrected chi connectivity index (χ4v) is 1.85. The summed E-state index contributed by atoms with van der Waals surface area (Å²) in [5.41, 5.74) is 0.434. The van der Waals surface area contributed by atoms with Gasteiger partial charge in [-0.25, -0.2) is 0 Å². The number of aliphatic hydroxyl groups excluding tert-OH is 1. The van der Waals surface area contributed by atoms with Crippen LogP contribution in [0.4, 0.5) is 0 Å². The van der Waals surface area contributed by atoms with Crippen LogP contribution in [-0.4, -0.2) is 11.7 Å². The van der Waals surface area contributed by atoms with Gasteiger partial charge in [-0.3, -0.25) is 0 Å². The minimum Gasteiger partial charge on any atom is -0.396 e. The highest BCUT2D eigenvalue weighted by molar-refractivity contribution is 4.75. The Bertz CT molecular complexity index is 76.9. The average Bonchev–Trinajstić information content (AvgIpc) is 2.04. The molecule has 1 N–H and O–H groups in total. The van der Waals surface area contributed by atoms with Gasteiger partial charge < -0.3 is 5.11 Å². The van der Waals surface area contributed by atoms with Crippen LogP contribution in [0.15, 0.2) is 0 Å². The molecule has 0 aromatic rings. The van der Waals surface area contributed by atoms with Crippen LogP contribution in [0.25, 0.3) is 0 Å². The summed E-state index contributed by atoms with van der Waals surface area (Å²) in [6.07, 6.45) is 5.89. The molecule has 0 amide bonds. The third-order valence-corrected chi connectivity index (χ3v) is 2.92. The van der Waals surface area contributed by atoms with Crippen molar-refractivity contribution in [2.45, 2.75) is 52.9 Å². The molecule has 0 spiro atoms. The lowest BCUT2D eigenvalue weighted by Gasteiger charge is -2.30. The summed E-state index contributed by atoms with van der Waals surface area (Å²) in [5.74, 6) is 0. The molecule has 0 heterocycles. The van der Waals surface area contributed by atoms with Gasteiger partial charge in [0.15, 0.2) is 0 Å². The molecular weight excluding hydrogens is 136 g/mol. The van der Waals surface area contributed by atoms with Crippen LogP contribution in [0.1, 0.15) is 52.9 Å². The molecule has 0 aromatic heterocycles. The normalized spacial score (nSPS) is 12.0. The van der Waals surface area contributed by atoms with Crippen molar-refractivity contribution < 1.29 is 5.11 Å². The Kier molecular flexibility index (Phi) is 5.57. The molecule has 0 aliphatic rings. The number of hydrogen-bond donors (Lipinski definition) is 1. The highest BCUT2D eigenvalue weighted by atomic mass is 16.3. The van der Waals surface area contributed by atoms with Crippen LogP contribution >= 0.6 is 0 Å². The second kappa shape index (κ2) is 5.59. The van der Waals surface area contributed by atoms with E-state index in [1.807, 2.05) is 0 Å². The molecule has 0 aromatic carbocycles. The minimum absolute atomic E-state index is 0.349. The lowest BCUT2D eigenvalue weighted by Crippen LogP contribution is -2.20. The molecule has 1 heteroatoms. The lowest BCUT2D eigenvalue weighted by molar-refractivity contribution is 0.155. The smallest absolute Gasteiger partial charge is 0.0436 e. The van der Waals surface area contributed by atoms with E-state index in [0.29, 0.717) is 12.0 Å². The summed E-state index contributed by atoms with van der Waals surface area (Å²) in [6.45, 7) is 7.03. The summed E-state index contributed by atoms with van der Waals surface area (Å²) < 4.78 is 0. The quantitative estimate of drug-likeness (QED) is 0.630. The first-order chi connectivity index (χ1) is 5.24. The van der Waals surface area contributed by atoms with Crippen molar-refractivity contribution in [3.63, 3.8) is 0 Å². The van der Waals surface area contributed by atoms with Gasteiger partial charge in [0, 0.05) is 6.61 Å². The third kappa shape index (κ3) is 3.24. The standard InChI is InChI=1S/C10H22O/c1-4-7-10(5-2,6-3)8-9-11/h11H,4-9H2,1-3H3. The first-order valence-electron chi connectivity index (χ1n) is 4.85. The minimum atomic E-state index is 0.349. The van der Waals surface area contributed by atoms with Gasteiger partial charge in [0.25, 0.3) is 0 Å². The van der Waals surface area contributed by atoms with Crippen LogP contribution in [0.5, 0.6) is 0 Å². The predicted molar refractivity (Wildman–Crippen MR) is 49.6 cm³/mol. The molecular formula is C10H22O. The fraction of sp³-hybridized carbons (Fsp3) is 1.00. The lowest BCUT2D eigenvalue weighted by atomic mass is 9.76. The van der Waals surface area contributed by atoms with Crippen LogP contribution in [0.3, 0.4) is 0 Å². The van der Waals surface area contributed by atoms with E-state index in [0.717, 1.165) is 6.42 Å². The van der Waals surface area contributed by atoms with Crippen molar-refractivity contribution in [3.8, 4) is 0 Å². The van der Waals surface area contributed by atoms with Crippen LogP contribution in [0.2, 0.25) is 0 Å². The Morgan fingerprint density at radius 2 is 1.55 bits per heavy atom. The Balaban J connectivity index is 3.96. The maximum absolute atomic E-state index is 8.89. The molecule has 0 atom stereocenters. The maximum atomic E-state index is 8.89. The molecule has 0 rings (SSSR count). The Morgan fingerprint density at radius 3 is 1.82 bits per heavy atom. The van der Waals surface area contributed by atoms with Crippen molar-refractivity contribution in [2.24, 2.45) is 5.41 Å². The van der Waals surface area contributed by atoms with Gasteiger partial charge in [-0.1, -0.05) is 40.0 Å². The fourth-order valence-electron chi connectivity index (χ4n) is 1.85. The highest BCUT2D eigenvalue weighted by Gasteiger charge is 2.23. The summed E-state index contributed by atoms with van der Waals surface area (Å²) in [5, 5.41) is 8.89. The molecule has 11 heavy (non-hydrogen) atoms. The molecule has 0 saturated carbocycles. The zero-order valence-corrected chi connectivity index (χ0v) is 8.19. The summed E-state index contributed by atoms with van der Waals surface area (Å²) in [7, 11) is 0. The molecule has 0 aliphatic carbocycles. The zero-order chi connectivity index (χ0) is 8.74. The molecule has 68 valence electrons. The van der Waals surface area contributed by atoms with Gasteiger partial charge in [0.05, 0.1) is 0 Å². The van der Waals surface area contributed by atoms with E-state index in [4.69, 9.17) is 5.11 Å². The van der Waals surface area contributed by atoms with Crippen molar-refractivity contribution in [1.82, 2.24) is 0 Å². The Labute approximate surface area is 70.8 Å². The van der Waals surface area contributed by atoms with E-state index in [9.17, 15) is 0 Å². The van der Waals surface area contributed by atoms with Gasteiger partial charge in [0.2, 0.25) is 0 Å². The number of hydrogen-bond acceptors (Lipinski definition) is 1. The monoisotopic (exact) mass is 158 g/mol. The van der Waals surface area contributed by atoms with E-state index in [2.05, 4.69) is 20.8 Å². The summed E-state index contributed by atoms with van der Waals surface area (Å²) in [4.78, 5) is 0. The van der Waals surface area contributed by atoms with Gasteiger partial charge in [-0.2, -0.15) is 0 Å². The summed E-state index contributed by atoms with van der Waals surface area (Å²) >= 11 is 0. The first-order valence-corrected chi connectivity index (χ1v) is 4.85. The molecule has 0 unspecified atom stereocenters. The largest absolute Gasteiger partial charge is 0.396 e. The third-order valence-electron chi connectivity index (χ3n) is 2.92. The molecule has 0 saturated heterocycles. The van der Waals surface area contributed by atoms with Crippen molar-refractivity contribution in [2.75, 3.05) is 6.61 Å². The van der Waals surface area contributed by atoms with E-state index in [1.54, 1.807) is 0 Å². The van der Waals surface area contributed by atoms with E-state index in [1.165, 1.54) is 25.7 Å².